The molecule has 0 aliphatic rings. The molecule has 0 atom stereocenters. The summed E-state index contributed by atoms with van der Waals surface area (Å²) in [7, 11) is 11.0. The van der Waals surface area contributed by atoms with Crippen LogP contribution in [0, 0.1) is 0 Å². The predicted octanol–water partition coefficient (Wildman–Crippen LogP) is -3.93. The Morgan fingerprint density at radius 2 is 1.07 bits per heavy atom. The van der Waals surface area contributed by atoms with Crippen LogP contribution in [0.4, 0.5) is 0 Å². The second-order valence-corrected chi connectivity index (χ2v) is 8.89. The predicted molar refractivity (Wildman–Crippen MR) is 148 cm³/mol. The second kappa shape index (κ2) is 10.9. The number of aromatic nitrogens is 12. The lowest BCUT2D eigenvalue weighted by molar-refractivity contribution is 0.705. The molecule has 6 heterocycles. The van der Waals surface area contributed by atoms with E-state index in [1.807, 2.05) is 0 Å². The molecule has 0 aliphatic carbocycles. The van der Waals surface area contributed by atoms with E-state index in [1.165, 1.54) is 46.8 Å². The van der Waals surface area contributed by atoms with Gasteiger partial charge in [0.2, 0.25) is 0 Å². The number of nitrogens with zero attached hydrogens (tertiary/aromatic N) is 10. The molecular weight excluding hydrogens is 544 g/mol. The van der Waals surface area contributed by atoms with Crippen LogP contribution < -0.4 is 33.7 Å². The van der Waals surface area contributed by atoms with E-state index >= 15 is 0 Å². The van der Waals surface area contributed by atoms with Gasteiger partial charge in [-0.2, -0.15) is 0 Å². The van der Waals surface area contributed by atoms with Crippen LogP contribution in [0.3, 0.4) is 0 Å². The Bertz CT molecular complexity index is 2280. The maximum Gasteiger partial charge on any atom is 0.332 e. The standard InChI is InChI=1S/C8H10N4O2.2C7H8N4O2.H2O/c1-10-4-9-6-5(10)7(13)12(3)8(14)11(6)2;1-10-3-8-5-4(10)6(12)9-7(13)11(5)2;1-10-5-4(8-3-9-5)6(12)11(2)7(10)13;/h4H,1-3H3;3H,1-2H3,(H,9,12,13);3H,1-2H3,(H,8,9);1H2. The molecule has 0 radical (unpaired) electrons. The highest BCUT2D eigenvalue weighted by Gasteiger charge is 2.12. The van der Waals surface area contributed by atoms with Crippen molar-refractivity contribution in [3.8, 4) is 0 Å². The summed E-state index contributed by atoms with van der Waals surface area (Å²) < 4.78 is 9.29. The Hall–Kier alpha value is -5.59. The molecule has 218 valence electrons. The van der Waals surface area contributed by atoms with Crippen LogP contribution in [0.25, 0.3) is 33.5 Å². The molecule has 0 aromatic carbocycles. The molecular formula is C22H28N12O7. The van der Waals surface area contributed by atoms with Gasteiger partial charge in [0.1, 0.15) is 5.52 Å². The van der Waals surface area contributed by atoms with Gasteiger partial charge in [-0.15, -0.1) is 0 Å². The largest absolute Gasteiger partial charge is 0.412 e. The summed E-state index contributed by atoms with van der Waals surface area (Å²) in [4.78, 5) is 85.1. The number of hydrogen-bond acceptors (Lipinski definition) is 9. The van der Waals surface area contributed by atoms with Crippen LogP contribution in [-0.2, 0) is 49.3 Å². The third-order valence-electron chi connectivity index (χ3n) is 6.32. The molecule has 6 aromatic rings. The third-order valence-corrected chi connectivity index (χ3v) is 6.32. The molecule has 6 rings (SSSR count). The Balaban J connectivity index is 0.000000167. The Morgan fingerprint density at radius 3 is 1.66 bits per heavy atom. The van der Waals surface area contributed by atoms with Gasteiger partial charge in [0, 0.05) is 49.3 Å². The summed E-state index contributed by atoms with van der Waals surface area (Å²) in [5, 5.41) is 0. The van der Waals surface area contributed by atoms with Gasteiger partial charge in [-0.3, -0.25) is 42.2 Å². The first-order chi connectivity index (χ1) is 18.8. The van der Waals surface area contributed by atoms with Crippen molar-refractivity contribution < 1.29 is 5.48 Å². The molecule has 0 amide bonds. The van der Waals surface area contributed by atoms with Gasteiger partial charge in [-0.1, -0.05) is 0 Å². The quantitative estimate of drug-likeness (QED) is 0.180. The summed E-state index contributed by atoms with van der Waals surface area (Å²) in [5.41, 5.74) is 0.144. The van der Waals surface area contributed by atoms with Crippen molar-refractivity contribution >= 4 is 33.5 Å². The number of aryl methyl sites for hydroxylation is 5. The molecule has 41 heavy (non-hydrogen) atoms. The van der Waals surface area contributed by atoms with Crippen LogP contribution in [-0.4, -0.2) is 62.4 Å². The van der Waals surface area contributed by atoms with E-state index in [0.717, 1.165) is 9.13 Å². The van der Waals surface area contributed by atoms with Crippen LogP contribution in [0.15, 0.2) is 47.7 Å². The van der Waals surface area contributed by atoms with E-state index in [0.29, 0.717) is 33.5 Å². The van der Waals surface area contributed by atoms with Crippen molar-refractivity contribution in [2.45, 2.75) is 0 Å². The van der Waals surface area contributed by atoms with Gasteiger partial charge in [-0.25, -0.2) is 29.3 Å². The Kier molecular flexibility index (Phi) is 7.95. The highest BCUT2D eigenvalue weighted by atomic mass is 16.2. The van der Waals surface area contributed by atoms with E-state index in [1.54, 1.807) is 44.4 Å². The second-order valence-electron chi connectivity index (χ2n) is 8.89. The first-order valence-electron chi connectivity index (χ1n) is 11.5. The molecule has 0 fully saturated rings. The fourth-order valence-corrected chi connectivity index (χ4v) is 4.00. The smallest absolute Gasteiger partial charge is 0.332 e. The topological polar surface area (TPSA) is 239 Å². The van der Waals surface area contributed by atoms with E-state index in [2.05, 4.69) is 24.9 Å². The average molecular weight is 573 g/mol. The highest BCUT2D eigenvalue weighted by Crippen LogP contribution is 2.02. The Labute approximate surface area is 227 Å². The van der Waals surface area contributed by atoms with Crippen LogP contribution >= 0.6 is 0 Å². The summed E-state index contributed by atoms with van der Waals surface area (Å²) in [5.74, 6) is 0. The molecule has 0 bridgehead atoms. The van der Waals surface area contributed by atoms with E-state index in [4.69, 9.17) is 0 Å². The first-order valence-corrected chi connectivity index (χ1v) is 11.5. The lowest BCUT2D eigenvalue weighted by atomic mass is 10.5. The number of imidazole rings is 3. The fourth-order valence-electron chi connectivity index (χ4n) is 4.00. The van der Waals surface area contributed by atoms with Crippen molar-refractivity contribution in [1.82, 2.24) is 56.9 Å². The lowest BCUT2D eigenvalue weighted by Gasteiger charge is -2.02. The normalized spacial score (nSPS) is 10.7. The molecule has 4 N–H and O–H groups in total. The number of fused-ring (bicyclic) bond motifs is 3. The van der Waals surface area contributed by atoms with Crippen molar-refractivity contribution in [1.29, 1.82) is 0 Å². The van der Waals surface area contributed by atoms with Gasteiger partial charge >= 0.3 is 17.1 Å². The van der Waals surface area contributed by atoms with Gasteiger partial charge in [0.25, 0.3) is 16.7 Å². The van der Waals surface area contributed by atoms with Crippen LogP contribution in [0.1, 0.15) is 0 Å². The Morgan fingerprint density at radius 1 is 0.585 bits per heavy atom. The molecule has 0 unspecified atom stereocenters. The number of H-pyrrole nitrogens is 2. The number of nitrogens with one attached hydrogen (secondary N) is 2. The van der Waals surface area contributed by atoms with Crippen molar-refractivity contribution in [3.05, 3.63) is 81.5 Å². The lowest BCUT2D eigenvalue weighted by Crippen LogP contribution is -2.37. The first kappa shape index (κ1) is 30.0. The summed E-state index contributed by atoms with van der Waals surface area (Å²) in [6.07, 6.45) is 4.41. The van der Waals surface area contributed by atoms with Gasteiger partial charge in [0.15, 0.2) is 28.0 Å². The molecule has 0 spiro atoms. The maximum atomic E-state index is 11.7. The monoisotopic (exact) mass is 572 g/mol. The molecule has 0 aliphatic heterocycles. The zero-order valence-electron chi connectivity index (χ0n) is 23.2. The molecule has 0 saturated heterocycles. The molecule has 19 heteroatoms. The molecule has 0 saturated carbocycles. The van der Waals surface area contributed by atoms with E-state index < -0.39 is 11.2 Å². The number of aromatic amines is 2. The summed E-state index contributed by atoms with van der Waals surface area (Å²) in [6.45, 7) is 0. The zero-order valence-corrected chi connectivity index (χ0v) is 23.2. The minimum atomic E-state index is -0.448. The maximum absolute atomic E-state index is 11.7. The fraction of sp³-hybridized carbons (Fsp3) is 0.318. The van der Waals surface area contributed by atoms with Crippen molar-refractivity contribution in [3.63, 3.8) is 0 Å². The third kappa shape index (κ3) is 4.84. The zero-order chi connectivity index (χ0) is 29.6. The van der Waals surface area contributed by atoms with Crippen LogP contribution in [0.5, 0.6) is 0 Å². The molecule has 6 aromatic heterocycles. The minimum Gasteiger partial charge on any atom is -0.412 e. The van der Waals surface area contributed by atoms with Crippen molar-refractivity contribution in [2.24, 2.45) is 49.3 Å². The summed E-state index contributed by atoms with van der Waals surface area (Å²) in [6, 6.07) is 0. The van der Waals surface area contributed by atoms with Gasteiger partial charge < -0.3 is 19.6 Å². The number of rotatable bonds is 0. The number of hydrogen-bond donors (Lipinski definition) is 2. The summed E-state index contributed by atoms with van der Waals surface area (Å²) >= 11 is 0. The highest BCUT2D eigenvalue weighted by molar-refractivity contribution is 5.70. The minimum absolute atomic E-state index is 0. The van der Waals surface area contributed by atoms with Crippen LogP contribution in [0.2, 0.25) is 0 Å². The van der Waals surface area contributed by atoms with E-state index in [9.17, 15) is 28.8 Å². The van der Waals surface area contributed by atoms with E-state index in [-0.39, 0.29) is 28.0 Å². The van der Waals surface area contributed by atoms with Gasteiger partial charge in [0.05, 0.1) is 19.0 Å². The van der Waals surface area contributed by atoms with Crippen molar-refractivity contribution in [2.75, 3.05) is 0 Å². The SMILES string of the molecule is Cn1c(=O)c2[nH]cnc2n(C)c1=O.Cn1c(=O)c2c(ncn2C)n(C)c1=O.Cn1cnc2c1c(=O)[nH]c(=O)n2C.O. The van der Waals surface area contributed by atoms with Gasteiger partial charge in [-0.05, 0) is 0 Å². The average Bonchev–Trinajstić information content (AvgIpc) is 3.66. The molecule has 19 nitrogen and oxygen atoms in total.